The summed E-state index contributed by atoms with van der Waals surface area (Å²) in [5, 5.41) is 6.59. The molecule has 148 valence electrons. The molecule has 2 rings (SSSR count). The van der Waals surface area contributed by atoms with Crippen molar-refractivity contribution in [3.63, 3.8) is 0 Å². The maximum atomic E-state index is 12.2. The number of rotatable bonds is 8. The Morgan fingerprint density at radius 1 is 1.18 bits per heavy atom. The van der Waals surface area contributed by atoms with Gasteiger partial charge in [0.1, 0.15) is 19.5 Å². The van der Waals surface area contributed by atoms with E-state index < -0.39 is 0 Å². The van der Waals surface area contributed by atoms with Gasteiger partial charge in [-0.25, -0.2) is 0 Å². The van der Waals surface area contributed by atoms with Crippen LogP contribution in [0.5, 0.6) is 5.75 Å². The number of oxime groups is 1. The lowest BCUT2D eigenvalue weighted by Gasteiger charge is -2.14. The average Bonchev–Trinajstić information content (AvgIpc) is 2.71. The van der Waals surface area contributed by atoms with Crippen molar-refractivity contribution in [1.82, 2.24) is 5.32 Å². The standard InChI is InChI=1S/C22H26N2O4/c1-15-12-17(16(2)24-27-5)10-11-21(15)28-13-18-8-6-7-9-19(18)20(14-26-4)22(25)23-3/h6-12,14H,13H2,1-5H3,(H,23,25)/b20-14-,24-16+. The molecule has 0 unspecified atom stereocenters. The number of benzene rings is 2. The second-order valence-electron chi connectivity index (χ2n) is 6.13. The molecule has 0 saturated heterocycles. The van der Waals surface area contributed by atoms with Crippen LogP contribution in [0.1, 0.15) is 29.2 Å². The fourth-order valence-corrected chi connectivity index (χ4v) is 2.78. The number of aryl methyl sites for hydroxylation is 1. The lowest BCUT2D eigenvalue weighted by Crippen LogP contribution is -2.20. The van der Waals surface area contributed by atoms with Crippen molar-refractivity contribution in [3.8, 4) is 5.75 Å². The lowest BCUT2D eigenvalue weighted by atomic mass is 10.0. The topological polar surface area (TPSA) is 69.2 Å². The van der Waals surface area contributed by atoms with Crippen LogP contribution in [-0.4, -0.2) is 32.9 Å². The van der Waals surface area contributed by atoms with E-state index in [4.69, 9.17) is 14.3 Å². The first-order chi connectivity index (χ1) is 13.5. The zero-order valence-corrected chi connectivity index (χ0v) is 16.9. The predicted molar refractivity (Wildman–Crippen MR) is 110 cm³/mol. The van der Waals surface area contributed by atoms with Crippen LogP contribution in [0.15, 0.2) is 53.9 Å². The summed E-state index contributed by atoms with van der Waals surface area (Å²) >= 11 is 0. The van der Waals surface area contributed by atoms with E-state index in [0.717, 1.165) is 33.7 Å². The Labute approximate surface area is 165 Å². The molecule has 6 heteroatoms. The normalized spacial score (nSPS) is 11.8. The van der Waals surface area contributed by atoms with Gasteiger partial charge in [0, 0.05) is 7.05 Å². The molecule has 0 aliphatic heterocycles. The number of likely N-dealkylation sites (N-methyl/N-ethyl adjacent to an activating group) is 1. The number of nitrogens with one attached hydrogen (secondary N) is 1. The second kappa shape index (κ2) is 10.2. The predicted octanol–water partition coefficient (Wildman–Crippen LogP) is 3.68. The van der Waals surface area contributed by atoms with E-state index in [0.29, 0.717) is 12.2 Å². The molecule has 2 aromatic carbocycles. The Morgan fingerprint density at radius 2 is 1.93 bits per heavy atom. The van der Waals surface area contributed by atoms with Crippen LogP contribution in [0, 0.1) is 6.92 Å². The van der Waals surface area contributed by atoms with Gasteiger partial charge >= 0.3 is 0 Å². The molecule has 0 fully saturated rings. The third-order valence-corrected chi connectivity index (χ3v) is 4.22. The Balaban J connectivity index is 2.25. The van der Waals surface area contributed by atoms with Gasteiger partial charge in [-0.1, -0.05) is 29.4 Å². The van der Waals surface area contributed by atoms with Crippen LogP contribution in [0.4, 0.5) is 0 Å². The molecule has 0 aliphatic rings. The number of carbonyl (C=O) groups is 1. The fourth-order valence-electron chi connectivity index (χ4n) is 2.78. The zero-order chi connectivity index (χ0) is 20.5. The third kappa shape index (κ3) is 5.13. The largest absolute Gasteiger partial charge is 0.504 e. The van der Waals surface area contributed by atoms with Gasteiger partial charge in [-0.05, 0) is 54.3 Å². The number of hydrogen-bond donors (Lipinski definition) is 1. The SMILES string of the molecule is CNC(=O)/C(=C\OC)c1ccccc1COc1ccc(/C(C)=N/OC)cc1C. The van der Waals surface area contributed by atoms with Crippen molar-refractivity contribution in [3.05, 3.63) is 71.0 Å². The van der Waals surface area contributed by atoms with Crippen LogP contribution in [-0.2, 0) is 21.0 Å². The summed E-state index contributed by atoms with van der Waals surface area (Å²) in [6.45, 7) is 4.18. The van der Waals surface area contributed by atoms with E-state index in [2.05, 4.69) is 10.5 Å². The fraction of sp³-hybridized carbons (Fsp3) is 0.273. The van der Waals surface area contributed by atoms with Crippen molar-refractivity contribution < 1.29 is 19.1 Å². The van der Waals surface area contributed by atoms with E-state index in [1.54, 1.807) is 7.05 Å². The Kier molecular flexibility index (Phi) is 7.63. The van der Waals surface area contributed by atoms with Crippen LogP contribution in [0.25, 0.3) is 5.57 Å². The van der Waals surface area contributed by atoms with Crippen molar-refractivity contribution >= 4 is 17.2 Å². The summed E-state index contributed by atoms with van der Waals surface area (Å²) < 4.78 is 11.1. The van der Waals surface area contributed by atoms with E-state index in [-0.39, 0.29) is 5.91 Å². The Hall–Kier alpha value is -3.28. The summed E-state index contributed by atoms with van der Waals surface area (Å²) in [7, 11) is 4.63. The van der Waals surface area contributed by atoms with Crippen molar-refractivity contribution in [1.29, 1.82) is 0 Å². The minimum Gasteiger partial charge on any atom is -0.504 e. The summed E-state index contributed by atoms with van der Waals surface area (Å²) in [6.07, 6.45) is 1.44. The minimum absolute atomic E-state index is 0.220. The molecule has 2 aromatic rings. The first kappa shape index (κ1) is 21.0. The molecule has 0 aliphatic carbocycles. The number of carbonyl (C=O) groups excluding carboxylic acids is 1. The highest BCUT2D eigenvalue weighted by Crippen LogP contribution is 2.24. The van der Waals surface area contributed by atoms with Gasteiger partial charge < -0.3 is 19.6 Å². The number of amides is 1. The van der Waals surface area contributed by atoms with Gasteiger partial charge in [-0.15, -0.1) is 0 Å². The molecule has 0 radical (unpaired) electrons. The molecule has 6 nitrogen and oxygen atoms in total. The summed E-state index contributed by atoms with van der Waals surface area (Å²) in [6, 6.07) is 13.4. The van der Waals surface area contributed by atoms with E-state index in [1.165, 1.54) is 20.5 Å². The molecule has 28 heavy (non-hydrogen) atoms. The number of ether oxygens (including phenoxy) is 2. The number of methoxy groups -OCH3 is 1. The molecule has 1 amide bonds. The lowest BCUT2D eigenvalue weighted by molar-refractivity contribution is -0.115. The van der Waals surface area contributed by atoms with Gasteiger partial charge in [0.15, 0.2) is 0 Å². The first-order valence-corrected chi connectivity index (χ1v) is 8.86. The Morgan fingerprint density at radius 3 is 2.57 bits per heavy atom. The highest BCUT2D eigenvalue weighted by Gasteiger charge is 2.15. The van der Waals surface area contributed by atoms with Crippen LogP contribution in [0.3, 0.4) is 0 Å². The van der Waals surface area contributed by atoms with E-state index in [9.17, 15) is 4.79 Å². The quantitative estimate of drug-likeness (QED) is 0.327. The first-order valence-electron chi connectivity index (χ1n) is 8.86. The highest BCUT2D eigenvalue weighted by atomic mass is 16.6. The maximum absolute atomic E-state index is 12.2. The van der Waals surface area contributed by atoms with Crippen molar-refractivity contribution in [2.45, 2.75) is 20.5 Å². The van der Waals surface area contributed by atoms with Gasteiger partial charge in [-0.3, -0.25) is 4.79 Å². The maximum Gasteiger partial charge on any atom is 0.254 e. The molecule has 0 saturated carbocycles. The molecular weight excluding hydrogens is 356 g/mol. The summed E-state index contributed by atoms with van der Waals surface area (Å²) in [4.78, 5) is 17.0. The molecule has 0 bridgehead atoms. The number of hydrogen-bond acceptors (Lipinski definition) is 5. The van der Waals surface area contributed by atoms with Gasteiger partial charge in [0.2, 0.25) is 0 Å². The van der Waals surface area contributed by atoms with Gasteiger partial charge in [0.05, 0.1) is 24.7 Å². The van der Waals surface area contributed by atoms with Crippen molar-refractivity contribution in [2.24, 2.45) is 5.16 Å². The van der Waals surface area contributed by atoms with Crippen LogP contribution in [0.2, 0.25) is 0 Å². The highest BCUT2D eigenvalue weighted by molar-refractivity contribution is 6.19. The summed E-state index contributed by atoms with van der Waals surface area (Å²) in [5.74, 6) is 0.545. The Bertz CT molecular complexity index is 888. The van der Waals surface area contributed by atoms with Crippen LogP contribution < -0.4 is 10.1 Å². The van der Waals surface area contributed by atoms with Gasteiger partial charge in [-0.2, -0.15) is 0 Å². The average molecular weight is 382 g/mol. The molecule has 0 aromatic heterocycles. The molecular formula is C22H26N2O4. The monoisotopic (exact) mass is 382 g/mol. The minimum atomic E-state index is -0.220. The third-order valence-electron chi connectivity index (χ3n) is 4.22. The zero-order valence-electron chi connectivity index (χ0n) is 16.9. The van der Waals surface area contributed by atoms with Crippen LogP contribution >= 0.6 is 0 Å². The molecule has 0 atom stereocenters. The molecule has 0 heterocycles. The number of nitrogens with zero attached hydrogens (tertiary/aromatic N) is 1. The van der Waals surface area contributed by atoms with E-state index >= 15 is 0 Å². The van der Waals surface area contributed by atoms with E-state index in [1.807, 2.05) is 56.3 Å². The smallest absolute Gasteiger partial charge is 0.254 e. The molecule has 0 spiro atoms. The molecule has 1 N–H and O–H groups in total. The van der Waals surface area contributed by atoms with Gasteiger partial charge in [0.25, 0.3) is 5.91 Å². The summed E-state index contributed by atoms with van der Waals surface area (Å²) in [5.41, 5.74) is 4.85. The van der Waals surface area contributed by atoms with Crippen molar-refractivity contribution in [2.75, 3.05) is 21.3 Å². The second-order valence-corrected chi connectivity index (χ2v) is 6.13.